The number of fused-ring (bicyclic) bond motifs is 6. The minimum Gasteiger partial charge on any atom is -0.462 e. The quantitative estimate of drug-likeness (QED) is 0.0264. The van der Waals surface area contributed by atoms with E-state index in [1.165, 1.54) is 22.3 Å². The standard InChI is InChI=1S/C40H38N6O5S2/c1-24(2)37(47)49-15-3-13-42-38(52)44-29-5-9-33-25(19-29)17-26-20-30(6-10-34(26)33)45-39(53)43-14-4-16-50-40(48)46-31-7-11-35-27(21-31)18-28-22-32(51-23-41)8-12-36(28)35/h5-12,19-22H,1,3-4,13-18H2,2H3,(H,46,48)(H2,42,44,52)(H2,43,45,53). The molecule has 0 aromatic heterocycles. The van der Waals surface area contributed by atoms with Crippen LogP contribution >= 0.6 is 24.4 Å². The number of nitrogens with one attached hydrogen (secondary N) is 5. The number of hydrogen-bond acceptors (Lipinski definition) is 8. The van der Waals surface area contributed by atoms with Crippen molar-refractivity contribution < 1.29 is 23.8 Å². The number of hydrogen-bond donors (Lipinski definition) is 5. The molecule has 0 aliphatic heterocycles. The highest BCUT2D eigenvalue weighted by Gasteiger charge is 2.21. The number of anilines is 3. The summed E-state index contributed by atoms with van der Waals surface area (Å²) in [5.41, 5.74) is 11.9. The molecule has 0 saturated heterocycles. The van der Waals surface area contributed by atoms with Gasteiger partial charge in [0, 0.05) is 35.7 Å². The van der Waals surface area contributed by atoms with Crippen molar-refractivity contribution in [2.24, 2.45) is 0 Å². The van der Waals surface area contributed by atoms with Crippen molar-refractivity contribution in [3.05, 3.63) is 107 Å². The number of benzene rings is 4. The van der Waals surface area contributed by atoms with Crippen molar-refractivity contribution in [1.82, 2.24) is 10.6 Å². The predicted octanol–water partition coefficient (Wildman–Crippen LogP) is 7.41. The van der Waals surface area contributed by atoms with Gasteiger partial charge < -0.3 is 35.5 Å². The molecule has 0 radical (unpaired) electrons. The van der Waals surface area contributed by atoms with E-state index in [0.717, 1.165) is 40.0 Å². The number of carbonyl (C=O) groups is 2. The molecule has 0 fully saturated rings. The van der Waals surface area contributed by atoms with Crippen LogP contribution in [0.15, 0.2) is 84.9 Å². The maximum Gasteiger partial charge on any atom is 0.411 e. The van der Waals surface area contributed by atoms with Crippen molar-refractivity contribution in [2.45, 2.75) is 32.6 Å². The Kier molecular flexibility index (Phi) is 11.8. The second-order valence-corrected chi connectivity index (χ2v) is 13.4. The zero-order chi connectivity index (χ0) is 37.3. The van der Waals surface area contributed by atoms with Gasteiger partial charge in [0.15, 0.2) is 10.2 Å². The maximum atomic E-state index is 12.5. The Bertz CT molecular complexity index is 2150. The van der Waals surface area contributed by atoms with E-state index in [4.69, 9.17) is 43.9 Å². The normalized spacial score (nSPS) is 11.4. The molecule has 2 aliphatic carbocycles. The molecule has 0 saturated carbocycles. The molecule has 11 nitrogen and oxygen atoms in total. The minimum atomic E-state index is -0.525. The first-order chi connectivity index (χ1) is 25.7. The van der Waals surface area contributed by atoms with Crippen molar-refractivity contribution in [2.75, 3.05) is 42.3 Å². The molecule has 0 unspecified atom stereocenters. The minimum absolute atomic E-state index is 0.223. The van der Waals surface area contributed by atoms with E-state index in [1.807, 2.05) is 42.5 Å². The van der Waals surface area contributed by atoms with Crippen molar-refractivity contribution >= 4 is 63.8 Å². The van der Waals surface area contributed by atoms with Gasteiger partial charge in [0.25, 0.3) is 6.26 Å². The third-order valence-electron chi connectivity index (χ3n) is 8.69. The summed E-state index contributed by atoms with van der Waals surface area (Å²) < 4.78 is 15.4. The van der Waals surface area contributed by atoms with Crippen LogP contribution in [-0.4, -0.2) is 48.6 Å². The van der Waals surface area contributed by atoms with Gasteiger partial charge in [-0.3, -0.25) is 5.32 Å². The topological polar surface area (TPSA) is 146 Å². The zero-order valence-electron chi connectivity index (χ0n) is 29.1. The summed E-state index contributed by atoms with van der Waals surface area (Å²) in [7, 11) is 0. The summed E-state index contributed by atoms with van der Waals surface area (Å²) in [6.45, 7) is 6.81. The number of rotatable bonds is 13. The first kappa shape index (κ1) is 36.8. The number of nitriles is 1. The molecule has 4 aromatic carbocycles. The maximum absolute atomic E-state index is 12.5. The van der Waals surface area contributed by atoms with Crippen LogP contribution in [0.3, 0.4) is 0 Å². The fourth-order valence-corrected chi connectivity index (χ4v) is 6.69. The average Bonchev–Trinajstić information content (AvgIpc) is 3.67. The van der Waals surface area contributed by atoms with Gasteiger partial charge in [-0.2, -0.15) is 0 Å². The Morgan fingerprint density at radius 1 is 0.698 bits per heavy atom. The number of nitrogens with zero attached hydrogens (tertiary/aromatic N) is 1. The lowest BCUT2D eigenvalue weighted by atomic mass is 10.1. The third-order valence-corrected chi connectivity index (χ3v) is 9.18. The summed E-state index contributed by atoms with van der Waals surface area (Å²) in [4.78, 5) is 23.9. The highest BCUT2D eigenvalue weighted by Crippen LogP contribution is 2.40. The van der Waals surface area contributed by atoms with E-state index in [2.05, 4.69) is 57.4 Å². The van der Waals surface area contributed by atoms with Gasteiger partial charge in [0.05, 0.1) is 13.2 Å². The molecule has 270 valence electrons. The lowest BCUT2D eigenvalue weighted by molar-refractivity contribution is -0.138. The number of thiocarbonyl (C=S) groups is 2. The van der Waals surface area contributed by atoms with E-state index in [0.29, 0.717) is 66.2 Å². The van der Waals surface area contributed by atoms with Gasteiger partial charge in [-0.05, 0) is 150 Å². The molecular weight excluding hydrogens is 709 g/mol. The average molecular weight is 747 g/mol. The fourth-order valence-electron chi connectivity index (χ4n) is 6.25. The van der Waals surface area contributed by atoms with Crippen molar-refractivity contribution in [3.63, 3.8) is 0 Å². The highest BCUT2D eigenvalue weighted by atomic mass is 32.1. The zero-order valence-corrected chi connectivity index (χ0v) is 30.7. The van der Waals surface area contributed by atoms with E-state index in [1.54, 1.807) is 19.2 Å². The van der Waals surface area contributed by atoms with Gasteiger partial charge in [-0.1, -0.05) is 30.8 Å². The van der Waals surface area contributed by atoms with E-state index < -0.39 is 6.09 Å². The molecule has 4 aromatic rings. The summed E-state index contributed by atoms with van der Waals surface area (Å²) in [5, 5.41) is 25.4. The first-order valence-corrected chi connectivity index (χ1v) is 17.9. The highest BCUT2D eigenvalue weighted by molar-refractivity contribution is 7.80. The molecule has 0 spiro atoms. The van der Waals surface area contributed by atoms with Crippen molar-refractivity contribution in [3.8, 4) is 34.3 Å². The summed E-state index contributed by atoms with van der Waals surface area (Å²) in [6, 6.07) is 23.8. The summed E-state index contributed by atoms with van der Waals surface area (Å²) in [6.07, 6.45) is 3.84. The van der Waals surface area contributed by atoms with Crippen LogP contribution in [0.5, 0.6) is 5.75 Å². The molecule has 13 heteroatoms. The monoisotopic (exact) mass is 746 g/mol. The summed E-state index contributed by atoms with van der Waals surface area (Å²) in [5.74, 6) is 0.122. The van der Waals surface area contributed by atoms with Crippen LogP contribution in [-0.2, 0) is 27.1 Å². The Labute approximate surface area is 318 Å². The Morgan fingerprint density at radius 2 is 1.15 bits per heavy atom. The second kappa shape index (κ2) is 17.0. The number of ether oxygens (including phenoxy) is 3. The SMILES string of the molecule is C=C(C)C(=O)OCCCNC(=S)Nc1ccc2c(c1)Cc1cc(NC(=S)NCCCOC(=O)Nc3ccc4c(c3)Cc3cc(OC#N)ccc3-4)ccc1-2. The van der Waals surface area contributed by atoms with Gasteiger partial charge in [0.1, 0.15) is 5.75 Å². The van der Waals surface area contributed by atoms with Crippen LogP contribution in [0.4, 0.5) is 21.9 Å². The van der Waals surface area contributed by atoms with Gasteiger partial charge in [-0.25, -0.2) is 9.59 Å². The number of amides is 1. The molecule has 5 N–H and O–H groups in total. The van der Waals surface area contributed by atoms with E-state index in [9.17, 15) is 9.59 Å². The van der Waals surface area contributed by atoms with Crippen molar-refractivity contribution in [1.29, 1.82) is 5.26 Å². The van der Waals surface area contributed by atoms with E-state index >= 15 is 0 Å². The largest absolute Gasteiger partial charge is 0.462 e. The van der Waals surface area contributed by atoms with Gasteiger partial charge in [-0.15, -0.1) is 5.26 Å². The third kappa shape index (κ3) is 9.48. The molecule has 53 heavy (non-hydrogen) atoms. The lowest BCUT2D eigenvalue weighted by Crippen LogP contribution is -2.30. The molecule has 0 bridgehead atoms. The predicted molar refractivity (Wildman–Crippen MR) is 214 cm³/mol. The number of esters is 1. The molecular formula is C40H38N6O5S2. The molecule has 0 atom stereocenters. The fraction of sp³-hybridized carbons (Fsp3) is 0.225. The van der Waals surface area contributed by atoms with E-state index in [-0.39, 0.29) is 12.6 Å². The van der Waals surface area contributed by atoms with Gasteiger partial charge in [0.2, 0.25) is 0 Å². The summed E-state index contributed by atoms with van der Waals surface area (Å²) >= 11 is 11.0. The first-order valence-electron chi connectivity index (χ1n) is 17.1. The number of carbonyl (C=O) groups excluding carboxylic acids is 2. The Morgan fingerprint density at radius 3 is 1.64 bits per heavy atom. The smallest absolute Gasteiger partial charge is 0.411 e. The Hall–Kier alpha value is -5.97. The van der Waals surface area contributed by atoms with Crippen LogP contribution in [0.25, 0.3) is 22.3 Å². The lowest BCUT2D eigenvalue weighted by Gasteiger charge is -2.12. The molecule has 1 amide bonds. The molecule has 2 aliphatic rings. The molecule has 0 heterocycles. The molecule has 6 rings (SSSR count). The second-order valence-electron chi connectivity index (χ2n) is 12.6. The van der Waals surface area contributed by atoms with Crippen LogP contribution in [0, 0.1) is 11.5 Å². The van der Waals surface area contributed by atoms with Gasteiger partial charge >= 0.3 is 12.1 Å². The van der Waals surface area contributed by atoms with Crippen LogP contribution in [0.1, 0.15) is 42.0 Å². The van der Waals surface area contributed by atoms with Crippen LogP contribution < -0.4 is 31.3 Å². The van der Waals surface area contributed by atoms with Crippen LogP contribution in [0.2, 0.25) is 0 Å². The Balaban J connectivity index is 0.882.